The molecule has 1 atom stereocenters. The second-order valence-electron chi connectivity index (χ2n) is 15.8. The molecule has 0 saturated carbocycles. The van der Waals surface area contributed by atoms with Gasteiger partial charge in [0.1, 0.15) is 17.0 Å². The fourth-order valence-corrected chi connectivity index (χ4v) is 11.2. The van der Waals surface area contributed by atoms with Gasteiger partial charge >= 0.3 is 5.51 Å². The standard InChI is InChI=1S/C44H49ClF3N7O4S3/c1-53(2)21-17-34(29-60-36-12-4-3-5-13-36)51-40-16-15-37(26-42(40)61(56,57)44(46,47)48)62(58,59)52-43-39-20-24-55(28-41(39)49-30-50-43)35-18-22-54(23-19-35)27-32-9-6-7-14-38(32)31-10-8-11-33(45)25-31/h3-16,25-26,30,34-35,51H,17-24,27-29H2,1-2H3,(H,49,50,52)/t34-/m1/s1. The smallest absolute Gasteiger partial charge is 0.380 e. The number of sulfone groups is 1. The van der Waals surface area contributed by atoms with E-state index in [1.807, 2.05) is 73.6 Å². The molecule has 2 aliphatic rings. The normalized spacial score (nSPS) is 16.2. The highest BCUT2D eigenvalue weighted by Gasteiger charge is 2.48. The maximum Gasteiger partial charge on any atom is 0.501 e. The van der Waals surface area contributed by atoms with Crippen molar-refractivity contribution in [2.24, 2.45) is 0 Å². The van der Waals surface area contributed by atoms with Crippen LogP contribution in [0.5, 0.6) is 0 Å². The van der Waals surface area contributed by atoms with E-state index in [2.05, 4.69) is 54.1 Å². The first kappa shape index (κ1) is 45.8. The largest absolute Gasteiger partial charge is 0.501 e. The van der Waals surface area contributed by atoms with Crippen LogP contribution in [0.1, 0.15) is 36.1 Å². The lowest BCUT2D eigenvalue weighted by atomic mass is 9.96. The van der Waals surface area contributed by atoms with E-state index in [4.69, 9.17) is 11.6 Å². The van der Waals surface area contributed by atoms with Gasteiger partial charge in [-0.3, -0.25) is 14.5 Å². The summed E-state index contributed by atoms with van der Waals surface area (Å²) in [7, 11) is -6.89. The molecule has 0 amide bonds. The van der Waals surface area contributed by atoms with Crippen molar-refractivity contribution in [3.63, 3.8) is 0 Å². The number of anilines is 2. The summed E-state index contributed by atoms with van der Waals surface area (Å²) in [6.07, 6.45) is 4.04. The predicted molar refractivity (Wildman–Crippen MR) is 240 cm³/mol. The second-order valence-corrected chi connectivity index (χ2v) is 20.9. The Balaban J connectivity index is 1.04. The number of alkyl halides is 3. The molecule has 4 aromatic carbocycles. The Morgan fingerprint density at radius 2 is 1.65 bits per heavy atom. The third-order valence-electron chi connectivity index (χ3n) is 11.2. The second kappa shape index (κ2) is 19.7. The number of thioether (sulfide) groups is 1. The van der Waals surface area contributed by atoms with Crippen LogP contribution < -0.4 is 10.0 Å². The Morgan fingerprint density at radius 1 is 0.903 bits per heavy atom. The Labute approximate surface area is 371 Å². The Morgan fingerprint density at radius 3 is 2.37 bits per heavy atom. The van der Waals surface area contributed by atoms with Crippen LogP contribution in [0.3, 0.4) is 0 Å². The molecule has 3 heterocycles. The van der Waals surface area contributed by atoms with Gasteiger partial charge in [-0.05, 0) is 119 Å². The van der Waals surface area contributed by atoms with E-state index < -0.39 is 41.2 Å². The summed E-state index contributed by atoms with van der Waals surface area (Å²) < 4.78 is 98.8. The highest BCUT2D eigenvalue weighted by molar-refractivity contribution is 7.99. The number of nitrogens with one attached hydrogen (secondary N) is 2. The zero-order valence-corrected chi connectivity index (χ0v) is 37.6. The quantitative estimate of drug-likeness (QED) is 0.0927. The number of piperidine rings is 1. The topological polar surface area (TPSA) is 128 Å². The third kappa shape index (κ3) is 11.1. The summed E-state index contributed by atoms with van der Waals surface area (Å²) in [5.41, 5.74) is -1.32. The van der Waals surface area contributed by atoms with E-state index in [1.165, 1.54) is 23.7 Å². The zero-order chi connectivity index (χ0) is 44.1. The molecule has 1 aromatic heterocycles. The maximum atomic E-state index is 14.2. The predicted octanol–water partition coefficient (Wildman–Crippen LogP) is 8.44. The fraction of sp³-hybridized carbons (Fsp3) is 0.364. The highest BCUT2D eigenvalue weighted by atomic mass is 35.5. The lowest BCUT2D eigenvalue weighted by Crippen LogP contribution is -2.46. The van der Waals surface area contributed by atoms with Gasteiger partial charge in [0.05, 0.1) is 16.3 Å². The summed E-state index contributed by atoms with van der Waals surface area (Å²) in [6.45, 7) is 4.27. The van der Waals surface area contributed by atoms with Crippen LogP contribution in [0, 0.1) is 0 Å². The number of hydrogen-bond donors (Lipinski definition) is 2. The number of nitrogens with zero attached hydrogens (tertiary/aromatic N) is 5. The Kier molecular flexibility index (Phi) is 14.5. The minimum Gasteiger partial charge on any atom is -0.380 e. The molecule has 18 heteroatoms. The average molecular weight is 929 g/mol. The monoisotopic (exact) mass is 927 g/mol. The molecule has 1 saturated heterocycles. The lowest BCUT2D eigenvalue weighted by molar-refractivity contribution is -0.0435. The first-order chi connectivity index (χ1) is 29.6. The molecule has 11 nitrogen and oxygen atoms in total. The van der Waals surface area contributed by atoms with Crippen molar-refractivity contribution in [3.05, 3.63) is 125 Å². The van der Waals surface area contributed by atoms with Gasteiger partial charge in [0.25, 0.3) is 19.9 Å². The average Bonchev–Trinajstić information content (AvgIpc) is 3.25. The van der Waals surface area contributed by atoms with Crippen molar-refractivity contribution in [1.29, 1.82) is 0 Å². The Hall–Kier alpha value is -4.23. The van der Waals surface area contributed by atoms with E-state index >= 15 is 0 Å². The van der Waals surface area contributed by atoms with Gasteiger partial charge in [-0.2, -0.15) is 13.2 Å². The molecule has 2 N–H and O–H groups in total. The number of fused-ring (bicyclic) bond motifs is 1. The number of likely N-dealkylation sites (tertiary alicyclic amines) is 1. The van der Waals surface area contributed by atoms with E-state index in [0.29, 0.717) is 66.6 Å². The summed E-state index contributed by atoms with van der Waals surface area (Å²) >= 11 is 7.77. The van der Waals surface area contributed by atoms with Crippen molar-refractivity contribution in [3.8, 4) is 11.1 Å². The van der Waals surface area contributed by atoms with E-state index in [9.17, 15) is 30.0 Å². The summed E-state index contributed by atoms with van der Waals surface area (Å²) in [6, 6.07) is 28.2. The number of rotatable bonds is 16. The number of benzene rings is 4. The van der Waals surface area contributed by atoms with Crippen LogP contribution in [0.15, 0.2) is 118 Å². The summed E-state index contributed by atoms with van der Waals surface area (Å²) in [4.78, 5) is 14.5. The van der Waals surface area contributed by atoms with Gasteiger partial charge in [-0.1, -0.05) is 66.2 Å². The lowest BCUT2D eigenvalue weighted by Gasteiger charge is -2.40. The molecule has 7 rings (SSSR count). The molecule has 2 aliphatic heterocycles. The zero-order valence-electron chi connectivity index (χ0n) is 34.4. The molecular weight excluding hydrogens is 879 g/mol. The minimum atomic E-state index is -5.98. The highest BCUT2D eigenvalue weighted by Crippen LogP contribution is 2.38. The summed E-state index contributed by atoms with van der Waals surface area (Å²) in [5.74, 6) is 0.410. The van der Waals surface area contributed by atoms with Gasteiger partial charge in [-0.15, -0.1) is 11.8 Å². The molecule has 330 valence electrons. The van der Waals surface area contributed by atoms with Crippen molar-refractivity contribution in [2.75, 3.05) is 56.1 Å². The van der Waals surface area contributed by atoms with Crippen molar-refractivity contribution >= 4 is 54.7 Å². The molecule has 0 spiro atoms. The van der Waals surface area contributed by atoms with Gasteiger partial charge in [0, 0.05) is 53.0 Å². The molecule has 62 heavy (non-hydrogen) atoms. The number of halogens is 4. The molecule has 0 aliphatic carbocycles. The summed E-state index contributed by atoms with van der Waals surface area (Å²) in [5, 5.41) is 3.70. The first-order valence-electron chi connectivity index (χ1n) is 20.3. The van der Waals surface area contributed by atoms with Gasteiger partial charge in [0.2, 0.25) is 0 Å². The Bertz CT molecular complexity index is 2560. The van der Waals surface area contributed by atoms with Crippen LogP contribution in [-0.2, 0) is 39.4 Å². The van der Waals surface area contributed by atoms with Crippen LogP contribution >= 0.6 is 23.4 Å². The molecule has 0 unspecified atom stereocenters. The van der Waals surface area contributed by atoms with Crippen LogP contribution in [0.25, 0.3) is 11.1 Å². The number of hydrogen-bond acceptors (Lipinski definition) is 11. The fourth-order valence-electron chi connectivity index (χ4n) is 7.92. The van der Waals surface area contributed by atoms with Crippen LogP contribution in [-0.4, -0.2) is 105 Å². The van der Waals surface area contributed by atoms with Crippen LogP contribution in [0.2, 0.25) is 5.02 Å². The van der Waals surface area contributed by atoms with Gasteiger partial charge in [-0.25, -0.2) is 26.8 Å². The van der Waals surface area contributed by atoms with Gasteiger partial charge < -0.3 is 10.2 Å². The van der Waals surface area contributed by atoms with Crippen LogP contribution in [0.4, 0.5) is 24.7 Å². The molecular formula is C44H49ClF3N7O4S3. The molecule has 0 bridgehead atoms. The molecule has 1 fully saturated rings. The maximum absolute atomic E-state index is 14.2. The van der Waals surface area contributed by atoms with Crippen molar-refractivity contribution in [2.45, 2.75) is 71.1 Å². The SMILES string of the molecule is CN(C)CC[C@H](CSc1ccccc1)Nc1ccc(S(=O)(=O)Nc2ncnc3c2CCN(C2CCN(Cc4ccccc4-c4cccc(Cl)c4)CC2)C3)cc1S(=O)(=O)C(F)(F)F. The van der Waals surface area contributed by atoms with Crippen molar-refractivity contribution < 1.29 is 30.0 Å². The minimum absolute atomic E-state index is 0.00644. The van der Waals surface area contributed by atoms with Crippen molar-refractivity contribution in [1.82, 2.24) is 24.7 Å². The molecule has 0 radical (unpaired) electrons. The third-order valence-corrected chi connectivity index (χ3v) is 15.5. The van der Waals surface area contributed by atoms with E-state index in [0.717, 1.165) is 60.6 Å². The first-order valence-corrected chi connectivity index (χ1v) is 24.6. The van der Waals surface area contributed by atoms with E-state index in [-0.39, 0.29) is 11.5 Å². The number of aromatic nitrogens is 2. The number of sulfonamides is 1. The van der Waals surface area contributed by atoms with Gasteiger partial charge in [0.15, 0.2) is 0 Å². The molecule has 5 aromatic rings. The van der Waals surface area contributed by atoms with E-state index in [1.54, 1.807) is 0 Å².